The Labute approximate surface area is 125 Å². The summed E-state index contributed by atoms with van der Waals surface area (Å²) in [5, 5.41) is 20.0. The van der Waals surface area contributed by atoms with Crippen molar-refractivity contribution in [2.75, 3.05) is 0 Å². The maximum atomic E-state index is 11.3. The molecule has 0 spiro atoms. The summed E-state index contributed by atoms with van der Waals surface area (Å²) in [7, 11) is 0. The van der Waals surface area contributed by atoms with Crippen LogP contribution in [0.5, 0.6) is 0 Å². The fourth-order valence-corrected chi connectivity index (χ4v) is 2.88. The van der Waals surface area contributed by atoms with Gasteiger partial charge in [-0.1, -0.05) is 25.7 Å². The van der Waals surface area contributed by atoms with E-state index in [0.29, 0.717) is 19.3 Å². The van der Waals surface area contributed by atoms with E-state index >= 15 is 0 Å². The highest BCUT2D eigenvalue weighted by Crippen LogP contribution is 2.40. The third-order valence-electron chi connectivity index (χ3n) is 4.18. The van der Waals surface area contributed by atoms with Crippen LogP contribution in [0, 0.1) is 41.4 Å². The largest absolute Gasteiger partial charge is 0.462 e. The standard InChI is InChI=1S/C17H22O4/c1-3-4-5-6-11(2)14(18)8-7-12-13-9-17(20)21-16(13)10-15(12)19/h11-16,18-19H,3,6,9-10H2,1-2H3/t11-,12+,13+,14+,15+,16-/m0/s1. The number of hydrogen-bond acceptors (Lipinski definition) is 4. The molecule has 1 aliphatic carbocycles. The summed E-state index contributed by atoms with van der Waals surface area (Å²) in [5.41, 5.74) is 0. The zero-order valence-electron chi connectivity index (χ0n) is 12.5. The molecule has 4 heteroatoms. The molecule has 2 rings (SSSR count). The van der Waals surface area contributed by atoms with Crippen LogP contribution in [-0.2, 0) is 9.53 Å². The molecule has 6 atom stereocenters. The van der Waals surface area contributed by atoms with Crippen LogP contribution >= 0.6 is 0 Å². The summed E-state index contributed by atoms with van der Waals surface area (Å²) in [6.45, 7) is 3.89. The summed E-state index contributed by atoms with van der Waals surface area (Å²) in [6.07, 6.45) is 0.614. The lowest BCUT2D eigenvalue weighted by Crippen LogP contribution is -2.20. The number of fused-ring (bicyclic) bond motifs is 1. The van der Waals surface area contributed by atoms with Crippen LogP contribution < -0.4 is 0 Å². The minimum atomic E-state index is -0.763. The first-order chi connectivity index (χ1) is 10.0. The zero-order chi connectivity index (χ0) is 15.4. The van der Waals surface area contributed by atoms with Crippen LogP contribution in [0.2, 0.25) is 0 Å². The Balaban J connectivity index is 1.96. The van der Waals surface area contributed by atoms with Crippen molar-refractivity contribution in [1.82, 2.24) is 0 Å². The number of aliphatic hydroxyl groups is 2. The zero-order valence-corrected chi connectivity index (χ0v) is 12.5. The first-order valence-corrected chi connectivity index (χ1v) is 7.55. The van der Waals surface area contributed by atoms with Crippen LogP contribution in [-0.4, -0.2) is 34.5 Å². The second kappa shape index (κ2) is 6.98. The summed E-state index contributed by atoms with van der Waals surface area (Å²) in [4.78, 5) is 11.3. The third kappa shape index (κ3) is 3.79. The Morgan fingerprint density at radius 2 is 2.19 bits per heavy atom. The summed E-state index contributed by atoms with van der Waals surface area (Å²) >= 11 is 0. The maximum absolute atomic E-state index is 11.3. The molecule has 21 heavy (non-hydrogen) atoms. The molecule has 4 nitrogen and oxygen atoms in total. The van der Waals surface area contributed by atoms with Crippen LogP contribution in [0.3, 0.4) is 0 Å². The molecule has 0 bridgehead atoms. The van der Waals surface area contributed by atoms with Gasteiger partial charge in [0, 0.05) is 31.1 Å². The molecule has 0 aromatic heterocycles. The number of hydrogen-bond donors (Lipinski definition) is 2. The second-order valence-corrected chi connectivity index (χ2v) is 5.85. The molecule has 2 aliphatic rings. The lowest BCUT2D eigenvalue weighted by Gasteiger charge is -2.14. The van der Waals surface area contributed by atoms with Gasteiger partial charge in [0.1, 0.15) is 12.2 Å². The number of aliphatic hydroxyl groups excluding tert-OH is 2. The van der Waals surface area contributed by atoms with Gasteiger partial charge in [0.25, 0.3) is 0 Å². The molecule has 0 amide bonds. The highest BCUT2D eigenvalue weighted by Gasteiger charge is 2.49. The highest BCUT2D eigenvalue weighted by molar-refractivity contribution is 5.72. The van der Waals surface area contributed by atoms with E-state index in [2.05, 4.69) is 23.7 Å². The van der Waals surface area contributed by atoms with Gasteiger partial charge in [0.2, 0.25) is 0 Å². The SMILES string of the molecule is CCC#CC[C@H](C)[C@H](O)C#C[C@@H]1[C@H]2CC(=O)O[C@H]2C[C@H]1O. The number of carbonyl (C=O) groups is 1. The van der Waals surface area contributed by atoms with Crippen LogP contribution in [0.15, 0.2) is 0 Å². The fraction of sp³-hybridized carbons (Fsp3) is 0.706. The lowest BCUT2D eigenvalue weighted by molar-refractivity contribution is -0.141. The predicted molar refractivity (Wildman–Crippen MR) is 77.7 cm³/mol. The van der Waals surface area contributed by atoms with Gasteiger partial charge in [-0.05, 0) is 0 Å². The molecule has 0 radical (unpaired) electrons. The molecular weight excluding hydrogens is 268 g/mol. The molecule has 1 saturated heterocycles. The molecule has 2 N–H and O–H groups in total. The number of carbonyl (C=O) groups excluding carboxylic acids is 1. The Bertz CT molecular complexity index is 504. The maximum Gasteiger partial charge on any atom is 0.306 e. The second-order valence-electron chi connectivity index (χ2n) is 5.85. The van der Waals surface area contributed by atoms with Crippen molar-refractivity contribution in [3.8, 4) is 23.7 Å². The molecule has 1 aliphatic heterocycles. The Kier molecular flexibility index (Phi) is 5.28. The van der Waals surface area contributed by atoms with Crippen molar-refractivity contribution in [1.29, 1.82) is 0 Å². The van der Waals surface area contributed by atoms with Crippen molar-refractivity contribution in [2.45, 2.75) is 57.8 Å². The van der Waals surface area contributed by atoms with Crippen LogP contribution in [0.25, 0.3) is 0 Å². The van der Waals surface area contributed by atoms with Gasteiger partial charge in [-0.25, -0.2) is 0 Å². The Morgan fingerprint density at radius 3 is 2.90 bits per heavy atom. The van der Waals surface area contributed by atoms with E-state index in [4.69, 9.17) is 4.74 Å². The monoisotopic (exact) mass is 290 g/mol. The molecule has 2 fully saturated rings. The van der Waals surface area contributed by atoms with Crippen molar-refractivity contribution in [3.05, 3.63) is 0 Å². The van der Waals surface area contributed by atoms with Gasteiger partial charge in [0.05, 0.1) is 18.4 Å². The quantitative estimate of drug-likeness (QED) is 0.590. The normalized spacial score (nSPS) is 33.0. The van der Waals surface area contributed by atoms with E-state index in [-0.39, 0.29) is 29.8 Å². The molecular formula is C17H22O4. The van der Waals surface area contributed by atoms with Crippen molar-refractivity contribution < 1.29 is 19.7 Å². The number of rotatable bonds is 2. The number of ether oxygens (including phenoxy) is 1. The molecule has 1 heterocycles. The third-order valence-corrected chi connectivity index (χ3v) is 4.18. The molecule has 1 saturated carbocycles. The van der Waals surface area contributed by atoms with Crippen LogP contribution in [0.1, 0.15) is 39.5 Å². The summed E-state index contributed by atoms with van der Waals surface area (Å²) in [5.74, 6) is 11.2. The van der Waals surface area contributed by atoms with E-state index in [1.807, 2.05) is 13.8 Å². The van der Waals surface area contributed by atoms with Gasteiger partial charge in [-0.3, -0.25) is 4.79 Å². The first kappa shape index (κ1) is 15.9. The van der Waals surface area contributed by atoms with Gasteiger partial charge in [-0.2, -0.15) is 0 Å². The molecule has 0 aromatic rings. The van der Waals surface area contributed by atoms with E-state index in [1.165, 1.54) is 0 Å². The van der Waals surface area contributed by atoms with Gasteiger partial charge < -0.3 is 14.9 Å². The van der Waals surface area contributed by atoms with Gasteiger partial charge in [-0.15, -0.1) is 11.8 Å². The topological polar surface area (TPSA) is 66.8 Å². The number of esters is 1. The average molecular weight is 290 g/mol. The Morgan fingerprint density at radius 1 is 1.43 bits per heavy atom. The molecule has 114 valence electrons. The fourth-order valence-electron chi connectivity index (χ4n) is 2.88. The van der Waals surface area contributed by atoms with Crippen LogP contribution in [0.4, 0.5) is 0 Å². The van der Waals surface area contributed by atoms with Crippen molar-refractivity contribution in [3.63, 3.8) is 0 Å². The molecule has 0 aromatic carbocycles. The summed E-state index contributed by atoms with van der Waals surface area (Å²) < 4.78 is 5.16. The van der Waals surface area contributed by atoms with Crippen molar-refractivity contribution >= 4 is 5.97 Å². The minimum Gasteiger partial charge on any atom is -0.462 e. The lowest BCUT2D eigenvalue weighted by atomic mass is 9.92. The average Bonchev–Trinajstić information content (AvgIpc) is 2.91. The van der Waals surface area contributed by atoms with E-state index in [9.17, 15) is 15.0 Å². The summed E-state index contributed by atoms with van der Waals surface area (Å²) in [6, 6.07) is 0. The van der Waals surface area contributed by atoms with E-state index < -0.39 is 12.2 Å². The van der Waals surface area contributed by atoms with E-state index in [0.717, 1.165) is 6.42 Å². The molecule has 0 unspecified atom stereocenters. The van der Waals surface area contributed by atoms with Gasteiger partial charge in [0.15, 0.2) is 0 Å². The highest BCUT2D eigenvalue weighted by atomic mass is 16.6. The minimum absolute atomic E-state index is 0.0349. The Hall–Kier alpha value is -1.49. The predicted octanol–water partition coefficient (Wildman–Crippen LogP) is 1.10. The van der Waals surface area contributed by atoms with Crippen molar-refractivity contribution in [2.24, 2.45) is 17.8 Å². The first-order valence-electron chi connectivity index (χ1n) is 7.55. The smallest absolute Gasteiger partial charge is 0.306 e. The van der Waals surface area contributed by atoms with E-state index in [1.54, 1.807) is 0 Å². The van der Waals surface area contributed by atoms with Gasteiger partial charge >= 0.3 is 5.97 Å².